The van der Waals surface area contributed by atoms with E-state index < -0.39 is 0 Å². The number of nitrogens with zero attached hydrogens (tertiary/aromatic N) is 6. The molecular weight excluding hydrogens is 368 g/mol. The van der Waals surface area contributed by atoms with Crippen molar-refractivity contribution in [3.8, 4) is 0 Å². The third-order valence-corrected chi connectivity index (χ3v) is 5.95. The first-order chi connectivity index (χ1) is 14.1. The molecule has 0 aliphatic carbocycles. The van der Waals surface area contributed by atoms with Crippen LogP contribution < -0.4 is 0 Å². The summed E-state index contributed by atoms with van der Waals surface area (Å²) in [6.45, 7) is 6.86. The maximum absolute atomic E-state index is 13.2. The standard InChI is InChI=1S/C21H32N6O2/c1-17-6-10-26(23-17)11-7-20(28)27-12-13-29-19(16-25-8-4-3-5-9-25)21(27)18-14-22-24(2)15-18/h6,10,14-15,19,21H,3-5,7-9,11-13,16H2,1-2H3/t19-,21-/m0/s1. The maximum atomic E-state index is 13.2. The van der Waals surface area contributed by atoms with Crippen molar-refractivity contribution in [3.63, 3.8) is 0 Å². The van der Waals surface area contributed by atoms with Gasteiger partial charge in [0.15, 0.2) is 0 Å². The summed E-state index contributed by atoms with van der Waals surface area (Å²) in [5.74, 6) is 0.152. The van der Waals surface area contributed by atoms with Crippen molar-refractivity contribution in [1.29, 1.82) is 0 Å². The maximum Gasteiger partial charge on any atom is 0.225 e. The summed E-state index contributed by atoms with van der Waals surface area (Å²) >= 11 is 0. The van der Waals surface area contributed by atoms with Crippen LogP contribution in [0, 0.1) is 6.92 Å². The largest absolute Gasteiger partial charge is 0.373 e. The minimum atomic E-state index is -0.0914. The Labute approximate surface area is 172 Å². The monoisotopic (exact) mass is 400 g/mol. The van der Waals surface area contributed by atoms with Gasteiger partial charge in [-0.15, -0.1) is 0 Å². The van der Waals surface area contributed by atoms with Gasteiger partial charge in [-0.3, -0.25) is 14.2 Å². The Morgan fingerprint density at radius 2 is 2.07 bits per heavy atom. The van der Waals surface area contributed by atoms with Crippen molar-refractivity contribution < 1.29 is 9.53 Å². The zero-order chi connectivity index (χ0) is 20.2. The number of morpholine rings is 1. The summed E-state index contributed by atoms with van der Waals surface area (Å²) in [6.07, 6.45) is 10.0. The van der Waals surface area contributed by atoms with Gasteiger partial charge in [0.2, 0.25) is 5.91 Å². The molecule has 8 heteroatoms. The number of hydrogen-bond donors (Lipinski definition) is 0. The predicted molar refractivity (Wildman–Crippen MR) is 109 cm³/mol. The lowest BCUT2D eigenvalue weighted by Gasteiger charge is -2.43. The molecule has 0 aromatic carbocycles. The lowest BCUT2D eigenvalue weighted by molar-refractivity contribution is -0.149. The lowest BCUT2D eigenvalue weighted by Crippen LogP contribution is -2.52. The van der Waals surface area contributed by atoms with Gasteiger partial charge in [0.1, 0.15) is 0 Å². The summed E-state index contributed by atoms with van der Waals surface area (Å²) in [7, 11) is 1.92. The summed E-state index contributed by atoms with van der Waals surface area (Å²) in [4.78, 5) is 17.7. The lowest BCUT2D eigenvalue weighted by atomic mass is 9.99. The Hall–Kier alpha value is -2.19. The van der Waals surface area contributed by atoms with Gasteiger partial charge in [-0.25, -0.2) is 0 Å². The number of hydrogen-bond acceptors (Lipinski definition) is 5. The van der Waals surface area contributed by atoms with Gasteiger partial charge in [0.05, 0.1) is 30.6 Å². The van der Waals surface area contributed by atoms with Crippen molar-refractivity contribution in [1.82, 2.24) is 29.4 Å². The van der Waals surface area contributed by atoms with Crippen LogP contribution in [0.5, 0.6) is 0 Å². The molecule has 2 atom stereocenters. The quantitative estimate of drug-likeness (QED) is 0.739. The number of carbonyl (C=O) groups is 1. The molecule has 0 N–H and O–H groups in total. The molecule has 2 aromatic rings. The molecule has 158 valence electrons. The first-order valence-corrected chi connectivity index (χ1v) is 10.7. The van der Waals surface area contributed by atoms with Crippen LogP contribution in [-0.4, -0.2) is 74.2 Å². The number of likely N-dealkylation sites (tertiary alicyclic amines) is 1. The zero-order valence-corrected chi connectivity index (χ0v) is 17.5. The SMILES string of the molecule is Cc1ccn(CCC(=O)N2CCO[C@@H](CN3CCCCC3)[C@@H]2c2cnn(C)c2)n1. The van der Waals surface area contributed by atoms with Crippen LogP contribution in [0.3, 0.4) is 0 Å². The second-order valence-corrected chi connectivity index (χ2v) is 8.22. The highest BCUT2D eigenvalue weighted by atomic mass is 16.5. The van der Waals surface area contributed by atoms with E-state index in [0.717, 1.165) is 30.9 Å². The van der Waals surface area contributed by atoms with Gasteiger partial charge in [-0.2, -0.15) is 10.2 Å². The molecule has 0 bridgehead atoms. The summed E-state index contributed by atoms with van der Waals surface area (Å²) < 4.78 is 9.86. The Kier molecular flexibility index (Phi) is 6.30. The number of ether oxygens (including phenoxy) is 1. The van der Waals surface area contributed by atoms with E-state index in [2.05, 4.69) is 15.1 Å². The van der Waals surface area contributed by atoms with Crippen molar-refractivity contribution in [3.05, 3.63) is 35.9 Å². The average Bonchev–Trinajstić information content (AvgIpc) is 3.34. The van der Waals surface area contributed by atoms with E-state index in [0.29, 0.717) is 26.1 Å². The van der Waals surface area contributed by atoms with E-state index in [9.17, 15) is 4.79 Å². The zero-order valence-electron chi connectivity index (χ0n) is 17.5. The summed E-state index contributed by atoms with van der Waals surface area (Å²) in [5, 5.41) is 8.76. The van der Waals surface area contributed by atoms with Crippen LogP contribution >= 0.6 is 0 Å². The molecule has 8 nitrogen and oxygen atoms in total. The third kappa shape index (κ3) is 4.87. The Morgan fingerprint density at radius 3 is 2.76 bits per heavy atom. The predicted octanol–water partition coefficient (Wildman–Crippen LogP) is 1.77. The van der Waals surface area contributed by atoms with Gasteiger partial charge < -0.3 is 14.5 Å². The Bertz CT molecular complexity index is 810. The fourth-order valence-corrected chi connectivity index (χ4v) is 4.49. The summed E-state index contributed by atoms with van der Waals surface area (Å²) in [6, 6.07) is 1.87. The van der Waals surface area contributed by atoms with Gasteiger partial charge >= 0.3 is 0 Å². The van der Waals surface area contributed by atoms with E-state index >= 15 is 0 Å². The number of piperidine rings is 1. The van der Waals surface area contributed by atoms with Crippen molar-refractivity contribution in [2.24, 2.45) is 7.05 Å². The molecule has 0 unspecified atom stereocenters. The minimum absolute atomic E-state index is 0.0260. The Balaban J connectivity index is 1.49. The van der Waals surface area contributed by atoms with E-state index in [1.54, 1.807) is 4.68 Å². The molecule has 4 rings (SSSR count). The second kappa shape index (κ2) is 9.09. The molecule has 29 heavy (non-hydrogen) atoms. The molecule has 0 saturated carbocycles. The van der Waals surface area contributed by atoms with E-state index in [1.165, 1.54) is 19.3 Å². The highest BCUT2D eigenvalue weighted by molar-refractivity contribution is 5.76. The molecular formula is C21H32N6O2. The van der Waals surface area contributed by atoms with Crippen LogP contribution in [0.15, 0.2) is 24.7 Å². The average molecular weight is 401 g/mol. The molecule has 0 spiro atoms. The van der Waals surface area contributed by atoms with Crippen LogP contribution in [0.4, 0.5) is 0 Å². The fraction of sp³-hybridized carbons (Fsp3) is 0.667. The van der Waals surface area contributed by atoms with Gasteiger partial charge in [0.25, 0.3) is 0 Å². The van der Waals surface area contributed by atoms with E-state index in [-0.39, 0.29) is 18.1 Å². The second-order valence-electron chi connectivity index (χ2n) is 8.22. The number of aryl methyl sites for hydroxylation is 3. The molecule has 4 heterocycles. The third-order valence-electron chi connectivity index (χ3n) is 5.95. The van der Waals surface area contributed by atoms with E-state index in [4.69, 9.17) is 4.74 Å². The van der Waals surface area contributed by atoms with Gasteiger partial charge in [-0.1, -0.05) is 6.42 Å². The first kappa shape index (κ1) is 20.1. The van der Waals surface area contributed by atoms with Crippen LogP contribution in [0.25, 0.3) is 0 Å². The molecule has 0 radical (unpaired) electrons. The number of amides is 1. The fourth-order valence-electron chi connectivity index (χ4n) is 4.49. The summed E-state index contributed by atoms with van der Waals surface area (Å²) in [5.41, 5.74) is 2.02. The van der Waals surface area contributed by atoms with Crippen molar-refractivity contribution in [2.75, 3.05) is 32.8 Å². The number of rotatable bonds is 6. The van der Waals surface area contributed by atoms with Crippen LogP contribution in [0.1, 0.15) is 43.0 Å². The van der Waals surface area contributed by atoms with Crippen molar-refractivity contribution >= 4 is 5.91 Å². The van der Waals surface area contributed by atoms with Crippen molar-refractivity contribution in [2.45, 2.75) is 51.3 Å². The number of aromatic nitrogens is 4. The molecule has 2 aliphatic heterocycles. The number of carbonyl (C=O) groups excluding carboxylic acids is 1. The normalized spacial score (nSPS) is 23.4. The minimum Gasteiger partial charge on any atom is -0.373 e. The van der Waals surface area contributed by atoms with Crippen LogP contribution in [0.2, 0.25) is 0 Å². The molecule has 2 aliphatic rings. The van der Waals surface area contributed by atoms with Gasteiger partial charge in [-0.05, 0) is 38.9 Å². The highest BCUT2D eigenvalue weighted by Gasteiger charge is 2.38. The molecule has 2 saturated heterocycles. The molecule has 2 fully saturated rings. The van der Waals surface area contributed by atoms with E-state index in [1.807, 2.05) is 48.2 Å². The first-order valence-electron chi connectivity index (χ1n) is 10.7. The topological polar surface area (TPSA) is 68.4 Å². The Morgan fingerprint density at radius 1 is 1.24 bits per heavy atom. The van der Waals surface area contributed by atoms with Gasteiger partial charge in [0, 0.05) is 51.1 Å². The highest BCUT2D eigenvalue weighted by Crippen LogP contribution is 2.31. The molecule has 2 aromatic heterocycles. The molecule has 1 amide bonds. The van der Waals surface area contributed by atoms with Crippen LogP contribution in [-0.2, 0) is 23.1 Å². The smallest absolute Gasteiger partial charge is 0.225 e.